The fourth-order valence-electron chi connectivity index (χ4n) is 7.00. The summed E-state index contributed by atoms with van der Waals surface area (Å²) < 4.78 is 4.80. The molecule has 0 saturated carbocycles. The van der Waals surface area contributed by atoms with Gasteiger partial charge < -0.3 is 4.40 Å². The summed E-state index contributed by atoms with van der Waals surface area (Å²) in [4.78, 5) is 10.3. The molecule has 44 heavy (non-hydrogen) atoms. The normalized spacial score (nSPS) is 12.1. The Hall–Kier alpha value is -5.58. The molecule has 0 amide bonds. The Morgan fingerprint density at radius 3 is 1.93 bits per heavy atom. The van der Waals surface area contributed by atoms with Crippen LogP contribution in [-0.4, -0.2) is 14.4 Å². The van der Waals surface area contributed by atoms with E-state index in [4.69, 9.17) is 9.97 Å². The van der Waals surface area contributed by atoms with Crippen molar-refractivity contribution < 1.29 is 0 Å². The molecule has 4 aromatic heterocycles. The zero-order chi connectivity index (χ0) is 28.8. The summed E-state index contributed by atoms with van der Waals surface area (Å²) in [6, 6.07) is 49.8. The van der Waals surface area contributed by atoms with Crippen LogP contribution in [0.15, 0.2) is 140 Å². The van der Waals surface area contributed by atoms with Crippen LogP contribution in [0.25, 0.3) is 92.2 Å². The van der Waals surface area contributed by atoms with Gasteiger partial charge >= 0.3 is 0 Å². The van der Waals surface area contributed by atoms with Crippen molar-refractivity contribution in [1.82, 2.24) is 14.4 Å². The second-order valence-electron chi connectivity index (χ2n) is 11.4. The average molecular weight is 578 g/mol. The van der Waals surface area contributed by atoms with E-state index in [1.807, 2.05) is 18.2 Å². The van der Waals surface area contributed by atoms with Crippen LogP contribution in [0.5, 0.6) is 0 Å². The number of thiophene rings is 1. The highest BCUT2D eigenvalue weighted by atomic mass is 32.1. The lowest BCUT2D eigenvalue weighted by molar-refractivity contribution is 1.24. The molecule has 0 aliphatic carbocycles. The van der Waals surface area contributed by atoms with E-state index in [0.717, 1.165) is 38.2 Å². The number of hydrogen-bond acceptors (Lipinski definition) is 3. The molecular weight excluding hydrogens is 555 g/mol. The van der Waals surface area contributed by atoms with Gasteiger partial charge in [-0.25, -0.2) is 9.97 Å². The first-order valence-corrected chi connectivity index (χ1v) is 15.7. The van der Waals surface area contributed by atoms with Crippen molar-refractivity contribution in [1.29, 1.82) is 0 Å². The van der Waals surface area contributed by atoms with Crippen molar-refractivity contribution in [2.75, 3.05) is 0 Å². The molecule has 0 bridgehead atoms. The van der Waals surface area contributed by atoms with Crippen molar-refractivity contribution >= 4 is 69.7 Å². The molecule has 0 aliphatic heterocycles. The number of fused-ring (bicyclic) bond motifs is 9. The van der Waals surface area contributed by atoms with Gasteiger partial charge in [0.25, 0.3) is 0 Å². The Kier molecular flexibility index (Phi) is 4.87. The summed E-state index contributed by atoms with van der Waals surface area (Å²) >= 11 is 1.80. The van der Waals surface area contributed by atoms with E-state index in [1.165, 1.54) is 53.9 Å². The molecule has 6 aromatic carbocycles. The van der Waals surface area contributed by atoms with Crippen LogP contribution in [0.4, 0.5) is 0 Å². The zero-order valence-electron chi connectivity index (χ0n) is 23.5. The molecule has 0 atom stereocenters. The molecular formula is C40H23N3S. The maximum absolute atomic E-state index is 5.19. The van der Waals surface area contributed by atoms with Crippen LogP contribution in [-0.2, 0) is 0 Å². The van der Waals surface area contributed by atoms with E-state index in [0.29, 0.717) is 0 Å². The fraction of sp³-hybridized carbons (Fsp3) is 0. The number of para-hydroxylation sites is 2. The quantitative estimate of drug-likeness (QED) is 0.209. The van der Waals surface area contributed by atoms with E-state index in [2.05, 4.69) is 126 Å². The van der Waals surface area contributed by atoms with Crippen molar-refractivity contribution in [3.05, 3.63) is 140 Å². The predicted molar refractivity (Wildman–Crippen MR) is 186 cm³/mol. The SMILES string of the molecule is c1ccc(-c2nc(-c3ccccc3)c3sc4c(-c5ccc6c7cccc8c9ccccc9n(c6c5)c87)cccc4c3n2)cc1. The minimum absolute atomic E-state index is 0.751. The van der Waals surface area contributed by atoms with E-state index in [-0.39, 0.29) is 0 Å². The number of hydrogen-bond donors (Lipinski definition) is 0. The van der Waals surface area contributed by atoms with E-state index >= 15 is 0 Å². The summed E-state index contributed by atoms with van der Waals surface area (Å²) in [6.45, 7) is 0. The molecule has 10 rings (SSSR count). The summed E-state index contributed by atoms with van der Waals surface area (Å²) in [5.74, 6) is 0.751. The Balaban J connectivity index is 1.27. The van der Waals surface area contributed by atoms with Crippen molar-refractivity contribution in [3.8, 4) is 33.8 Å². The second kappa shape index (κ2) is 8.96. The van der Waals surface area contributed by atoms with Gasteiger partial charge in [0.15, 0.2) is 5.82 Å². The third-order valence-corrected chi connectivity index (χ3v) is 10.2. The maximum Gasteiger partial charge on any atom is 0.160 e. The standard InChI is InChI=1S/C40H23N3S/c1-3-11-24(12-4-1)35-39-36(42-40(41-35)25-13-5-2-6-14-25)32-19-9-16-27(38(32)44-39)26-21-22-29-31-18-10-17-30-28-15-7-8-20-33(28)43(37(30)31)34(29)23-26/h1-23H. The maximum atomic E-state index is 5.19. The van der Waals surface area contributed by atoms with Crippen LogP contribution in [0.1, 0.15) is 0 Å². The van der Waals surface area contributed by atoms with Gasteiger partial charge in [0.2, 0.25) is 0 Å². The lowest BCUT2D eigenvalue weighted by Gasteiger charge is -2.07. The van der Waals surface area contributed by atoms with Crippen LogP contribution in [0.2, 0.25) is 0 Å². The van der Waals surface area contributed by atoms with Gasteiger partial charge in [0, 0.05) is 42.8 Å². The summed E-state index contributed by atoms with van der Waals surface area (Å²) in [7, 11) is 0. The summed E-state index contributed by atoms with van der Waals surface area (Å²) in [5.41, 5.74) is 10.3. The molecule has 0 spiro atoms. The average Bonchev–Trinajstić information content (AvgIpc) is 3.75. The Morgan fingerprint density at radius 1 is 0.455 bits per heavy atom. The fourth-order valence-corrected chi connectivity index (χ4v) is 8.29. The van der Waals surface area contributed by atoms with Gasteiger partial charge in [-0.1, -0.05) is 127 Å². The van der Waals surface area contributed by atoms with Crippen molar-refractivity contribution in [3.63, 3.8) is 0 Å². The Morgan fingerprint density at radius 2 is 1.11 bits per heavy atom. The molecule has 0 N–H and O–H groups in total. The lowest BCUT2D eigenvalue weighted by Crippen LogP contribution is -1.93. The number of benzene rings is 6. The minimum Gasteiger partial charge on any atom is -0.308 e. The van der Waals surface area contributed by atoms with Gasteiger partial charge in [-0.15, -0.1) is 11.3 Å². The highest BCUT2D eigenvalue weighted by Crippen LogP contribution is 2.45. The van der Waals surface area contributed by atoms with Crippen molar-refractivity contribution in [2.24, 2.45) is 0 Å². The predicted octanol–water partition coefficient (Wildman–Crippen LogP) is 11.0. The molecule has 0 radical (unpaired) electrons. The smallest absolute Gasteiger partial charge is 0.160 e. The van der Waals surface area contributed by atoms with Gasteiger partial charge in [0.05, 0.1) is 32.5 Å². The third kappa shape index (κ3) is 3.26. The number of rotatable bonds is 3. The van der Waals surface area contributed by atoms with Crippen molar-refractivity contribution in [2.45, 2.75) is 0 Å². The number of nitrogens with zero attached hydrogens (tertiary/aromatic N) is 3. The van der Waals surface area contributed by atoms with Crippen LogP contribution in [0.3, 0.4) is 0 Å². The molecule has 0 saturated heterocycles. The molecule has 0 aliphatic rings. The first-order valence-electron chi connectivity index (χ1n) is 14.8. The molecule has 4 heterocycles. The lowest BCUT2D eigenvalue weighted by atomic mass is 10.0. The molecule has 10 aromatic rings. The largest absolute Gasteiger partial charge is 0.308 e. The first-order chi connectivity index (χ1) is 21.8. The minimum atomic E-state index is 0.751. The summed E-state index contributed by atoms with van der Waals surface area (Å²) in [6.07, 6.45) is 0. The Bertz CT molecular complexity index is 2700. The summed E-state index contributed by atoms with van der Waals surface area (Å²) in [5, 5.41) is 6.36. The molecule has 204 valence electrons. The Labute approximate surface area is 256 Å². The third-order valence-electron chi connectivity index (χ3n) is 8.95. The van der Waals surface area contributed by atoms with Gasteiger partial charge in [-0.2, -0.15) is 0 Å². The van der Waals surface area contributed by atoms with Crippen LogP contribution >= 0.6 is 11.3 Å². The van der Waals surface area contributed by atoms with E-state index in [1.54, 1.807) is 11.3 Å². The van der Waals surface area contributed by atoms with Gasteiger partial charge in [0.1, 0.15) is 0 Å². The second-order valence-corrected chi connectivity index (χ2v) is 12.4. The monoisotopic (exact) mass is 577 g/mol. The van der Waals surface area contributed by atoms with E-state index in [9.17, 15) is 0 Å². The van der Waals surface area contributed by atoms with Crippen LogP contribution in [0, 0.1) is 0 Å². The highest BCUT2D eigenvalue weighted by Gasteiger charge is 2.20. The number of aromatic nitrogens is 3. The topological polar surface area (TPSA) is 30.2 Å². The first kappa shape index (κ1) is 23.9. The molecule has 4 heteroatoms. The van der Waals surface area contributed by atoms with Gasteiger partial charge in [-0.05, 0) is 23.3 Å². The molecule has 0 unspecified atom stereocenters. The van der Waals surface area contributed by atoms with Crippen LogP contribution < -0.4 is 0 Å². The van der Waals surface area contributed by atoms with E-state index < -0.39 is 0 Å². The molecule has 0 fully saturated rings. The molecule has 3 nitrogen and oxygen atoms in total. The zero-order valence-corrected chi connectivity index (χ0v) is 24.3. The van der Waals surface area contributed by atoms with Gasteiger partial charge in [-0.3, -0.25) is 0 Å². The highest BCUT2D eigenvalue weighted by molar-refractivity contribution is 7.26.